The number of nitrogens with one attached hydrogen (secondary N) is 2. The molecular weight excluding hydrogens is 597 g/mol. The topological polar surface area (TPSA) is 117 Å². The molecule has 14 heteroatoms. The van der Waals surface area contributed by atoms with Crippen molar-refractivity contribution in [2.45, 2.75) is 69.6 Å². The van der Waals surface area contributed by atoms with Crippen LogP contribution in [0, 0.1) is 0 Å². The number of alkyl halides is 3. The second-order valence-electron chi connectivity index (χ2n) is 12.3. The number of imidazole rings is 2. The quantitative estimate of drug-likeness (QED) is 0.283. The summed E-state index contributed by atoms with van der Waals surface area (Å²) >= 11 is 6.57. The maximum absolute atomic E-state index is 14.3. The summed E-state index contributed by atoms with van der Waals surface area (Å²) in [5, 5.41) is 8.21. The van der Waals surface area contributed by atoms with Crippen molar-refractivity contribution in [3.63, 3.8) is 0 Å². The Morgan fingerprint density at radius 3 is 2.68 bits per heavy atom. The van der Waals surface area contributed by atoms with Gasteiger partial charge in [-0.1, -0.05) is 11.6 Å². The van der Waals surface area contributed by atoms with Crippen LogP contribution in [0.4, 0.5) is 13.2 Å². The predicted molar refractivity (Wildman–Crippen MR) is 158 cm³/mol. The van der Waals surface area contributed by atoms with Gasteiger partial charge in [0.2, 0.25) is 5.91 Å². The fourth-order valence-electron chi connectivity index (χ4n) is 6.79. The van der Waals surface area contributed by atoms with Crippen molar-refractivity contribution >= 4 is 39.6 Å². The van der Waals surface area contributed by atoms with E-state index >= 15 is 0 Å². The van der Waals surface area contributed by atoms with E-state index in [0.717, 1.165) is 35.9 Å². The Bertz CT molecular complexity index is 1960. The van der Waals surface area contributed by atoms with Gasteiger partial charge in [-0.05, 0) is 62.4 Å². The minimum Gasteiger partial charge on any atom is -0.343 e. The van der Waals surface area contributed by atoms with Gasteiger partial charge >= 0.3 is 11.9 Å². The molecule has 2 N–H and O–H groups in total. The Balaban J connectivity index is 1.19. The van der Waals surface area contributed by atoms with Crippen LogP contribution in [-0.2, 0) is 23.2 Å². The van der Waals surface area contributed by atoms with Crippen molar-refractivity contribution in [2.75, 3.05) is 13.1 Å². The maximum atomic E-state index is 14.3. The first-order valence-electron chi connectivity index (χ1n) is 14.5. The number of pyridine rings is 1. The molecule has 2 aliphatic heterocycles. The molecule has 0 unspecified atom stereocenters. The van der Waals surface area contributed by atoms with Gasteiger partial charge in [-0.25, -0.2) is 14.8 Å². The first-order valence-corrected chi connectivity index (χ1v) is 14.9. The zero-order chi connectivity index (χ0) is 31.0. The van der Waals surface area contributed by atoms with Crippen molar-refractivity contribution in [1.82, 2.24) is 39.2 Å². The predicted octanol–water partition coefficient (Wildman–Crippen LogP) is 5.23. The minimum absolute atomic E-state index is 0.0383. The molecule has 1 saturated heterocycles. The van der Waals surface area contributed by atoms with Crippen LogP contribution in [0.1, 0.15) is 67.7 Å². The largest absolute Gasteiger partial charge is 0.399 e. The minimum atomic E-state index is -4.51. The first kappa shape index (κ1) is 28.6. The van der Waals surface area contributed by atoms with Crippen LogP contribution >= 0.6 is 11.6 Å². The molecule has 6 heterocycles. The summed E-state index contributed by atoms with van der Waals surface area (Å²) in [7, 11) is 0. The lowest BCUT2D eigenvalue weighted by atomic mass is 9.88. The number of hydrogen-bond donors (Lipinski definition) is 2. The summed E-state index contributed by atoms with van der Waals surface area (Å²) in [6, 6.07) is 5.36. The number of aromatic amines is 2. The van der Waals surface area contributed by atoms with Gasteiger partial charge in [0.25, 0.3) is 0 Å². The summed E-state index contributed by atoms with van der Waals surface area (Å²) in [5.74, 6) is -0.129. The van der Waals surface area contributed by atoms with E-state index in [1.165, 1.54) is 6.20 Å². The monoisotopic (exact) mass is 626 g/mol. The van der Waals surface area contributed by atoms with E-state index in [-0.39, 0.29) is 36.3 Å². The van der Waals surface area contributed by atoms with Gasteiger partial charge in [0.1, 0.15) is 11.2 Å². The molecule has 0 aliphatic carbocycles. The molecule has 1 aromatic carbocycles. The van der Waals surface area contributed by atoms with E-state index in [9.17, 15) is 22.8 Å². The highest BCUT2D eigenvalue weighted by Gasteiger charge is 2.51. The van der Waals surface area contributed by atoms with Crippen molar-refractivity contribution in [3.8, 4) is 0 Å². The smallest absolute Gasteiger partial charge is 0.343 e. The van der Waals surface area contributed by atoms with E-state index in [4.69, 9.17) is 11.6 Å². The Hall–Kier alpha value is -4.13. The molecule has 1 atom stereocenters. The third kappa shape index (κ3) is 4.51. The molecule has 1 amide bonds. The zero-order valence-corrected chi connectivity index (χ0v) is 24.8. The Morgan fingerprint density at radius 1 is 1.16 bits per heavy atom. The second-order valence-corrected chi connectivity index (χ2v) is 12.7. The average molecular weight is 627 g/mol. The number of benzene rings is 1. The lowest BCUT2D eigenvalue weighted by molar-refractivity contribution is -0.181. The molecule has 4 aromatic heterocycles. The van der Waals surface area contributed by atoms with Gasteiger partial charge < -0.3 is 9.47 Å². The number of likely N-dealkylation sites (tertiary alicyclic amines) is 1. The third-order valence-electron chi connectivity index (χ3n) is 9.37. The van der Waals surface area contributed by atoms with Crippen LogP contribution in [0.2, 0.25) is 5.02 Å². The number of halogens is 4. The van der Waals surface area contributed by atoms with E-state index in [0.29, 0.717) is 54.4 Å². The molecule has 1 fully saturated rings. The van der Waals surface area contributed by atoms with Gasteiger partial charge in [-0.3, -0.25) is 19.4 Å². The summed E-state index contributed by atoms with van der Waals surface area (Å²) < 4.78 is 46.1. The van der Waals surface area contributed by atoms with Crippen molar-refractivity contribution in [3.05, 3.63) is 74.9 Å². The van der Waals surface area contributed by atoms with E-state index in [2.05, 4.69) is 25.1 Å². The number of amides is 1. The number of rotatable bonds is 4. The van der Waals surface area contributed by atoms with E-state index in [1.807, 2.05) is 12.1 Å². The number of H-pyrrole nitrogens is 2. The van der Waals surface area contributed by atoms with Crippen molar-refractivity contribution in [2.24, 2.45) is 0 Å². The molecule has 0 spiro atoms. The Morgan fingerprint density at radius 2 is 1.93 bits per heavy atom. The van der Waals surface area contributed by atoms with Gasteiger partial charge in [0.05, 0.1) is 34.5 Å². The van der Waals surface area contributed by atoms with Gasteiger partial charge in [0, 0.05) is 49.2 Å². The summed E-state index contributed by atoms with van der Waals surface area (Å²) in [4.78, 5) is 39.8. The fraction of sp³-hybridized carbons (Fsp3) is 0.433. The summed E-state index contributed by atoms with van der Waals surface area (Å²) in [5.41, 5.74) is 1.19. The van der Waals surface area contributed by atoms with Gasteiger partial charge in [-0.2, -0.15) is 18.3 Å². The molecule has 7 rings (SSSR count). The third-order valence-corrected chi connectivity index (χ3v) is 9.67. The molecule has 10 nitrogen and oxygen atoms in total. The number of carbonyl (C=O) groups excluding carboxylic acids is 1. The molecule has 44 heavy (non-hydrogen) atoms. The molecule has 230 valence electrons. The summed E-state index contributed by atoms with van der Waals surface area (Å²) in [6.07, 6.45) is 1.69. The summed E-state index contributed by atoms with van der Waals surface area (Å²) in [6.45, 7) is 3.36. The SMILES string of the molecule is CC(C)(c1cnc2n1Cc1c(cc(Cl)c3[nH]ncc13)C[C@H]2CC(=O)N1CCC(n2c(=O)[nH]c3ncccc32)CC1)C(F)(F)F. The fourth-order valence-corrected chi connectivity index (χ4v) is 7.07. The Kier molecular flexibility index (Phi) is 6.65. The molecular formula is C30H30ClF3N8O2. The number of piperidine rings is 1. The maximum Gasteiger partial charge on any atom is 0.399 e. The van der Waals surface area contributed by atoms with Gasteiger partial charge in [0.15, 0.2) is 5.65 Å². The number of aromatic nitrogens is 7. The molecule has 0 bridgehead atoms. The highest BCUT2D eigenvalue weighted by molar-refractivity contribution is 6.35. The standard InChI is InChI=1S/C30H30ClF3N8O2/c1-29(2,30(32,33)34)23-14-36-27-17(10-16-11-21(31)25-19(13-37-39-25)20(16)15-41(23)27)12-24(43)40-8-5-18(6-9-40)42-22-4-3-7-35-26(22)38-28(42)44/h3-4,7,11,13-14,17-18H,5-6,8-10,12,15H2,1-2H3,(H,37,39)(H,35,38,44)/t17-/m0/s1. The van der Waals surface area contributed by atoms with Crippen LogP contribution in [0.25, 0.3) is 22.1 Å². The number of nitrogens with zero attached hydrogens (tertiary/aromatic N) is 6. The zero-order valence-electron chi connectivity index (χ0n) is 24.1. The molecule has 0 saturated carbocycles. The Labute approximate surface area is 254 Å². The average Bonchev–Trinajstić information content (AvgIpc) is 3.69. The second kappa shape index (κ2) is 10.2. The van der Waals surface area contributed by atoms with Crippen LogP contribution in [0.5, 0.6) is 0 Å². The molecule has 0 radical (unpaired) electrons. The highest BCUT2D eigenvalue weighted by Crippen LogP contribution is 2.44. The lowest BCUT2D eigenvalue weighted by Crippen LogP contribution is -2.41. The number of carbonyl (C=O) groups is 1. The van der Waals surface area contributed by atoms with E-state index in [1.54, 1.807) is 32.5 Å². The molecule has 5 aromatic rings. The van der Waals surface area contributed by atoms with Crippen LogP contribution < -0.4 is 5.69 Å². The lowest BCUT2D eigenvalue weighted by Gasteiger charge is -2.33. The van der Waals surface area contributed by atoms with Crippen molar-refractivity contribution < 1.29 is 18.0 Å². The van der Waals surface area contributed by atoms with Crippen LogP contribution in [0.3, 0.4) is 0 Å². The van der Waals surface area contributed by atoms with E-state index < -0.39 is 17.5 Å². The highest BCUT2D eigenvalue weighted by atomic mass is 35.5. The normalized spacial score (nSPS) is 18.0. The van der Waals surface area contributed by atoms with Crippen molar-refractivity contribution in [1.29, 1.82) is 0 Å². The van der Waals surface area contributed by atoms with Crippen LogP contribution in [0.15, 0.2) is 41.6 Å². The number of fused-ring (bicyclic) bond motifs is 5. The number of hydrogen-bond acceptors (Lipinski definition) is 5. The van der Waals surface area contributed by atoms with Crippen LogP contribution in [-0.4, -0.2) is 64.4 Å². The molecule has 2 aliphatic rings. The van der Waals surface area contributed by atoms with Gasteiger partial charge in [-0.15, -0.1) is 0 Å². The first-order chi connectivity index (χ1) is 20.9.